The number of carbonyl (C=O) groups excluding carboxylic acids is 1. The molecule has 4 aliphatic rings. The Morgan fingerprint density at radius 2 is 1.38 bits per heavy atom. The van der Waals surface area contributed by atoms with E-state index < -0.39 is 50.2 Å². The van der Waals surface area contributed by atoms with E-state index in [4.69, 9.17) is 14.7 Å². The van der Waals surface area contributed by atoms with Crippen LogP contribution in [0.2, 0.25) is 0 Å². The number of carboxylic acid groups (broad SMARTS) is 1. The predicted molar refractivity (Wildman–Crippen MR) is 145 cm³/mol. The van der Waals surface area contributed by atoms with Crippen LogP contribution in [-0.2, 0) is 33.8 Å². The second kappa shape index (κ2) is 13.6. The van der Waals surface area contributed by atoms with Crippen LogP contribution in [0.4, 0.5) is 0 Å². The molecule has 2 N–H and O–H groups in total. The molecule has 0 radical (unpaired) electrons. The molecule has 224 valence electrons. The molecule has 0 saturated heterocycles. The number of aliphatic carboxylic acids is 1. The number of rotatable bonds is 9. The fourth-order valence-electron chi connectivity index (χ4n) is 7.66. The summed E-state index contributed by atoms with van der Waals surface area (Å²) in [6.07, 6.45) is 8.84. The topological polar surface area (TPSA) is 136 Å². The Balaban J connectivity index is 1.34. The summed E-state index contributed by atoms with van der Waals surface area (Å²) in [4.78, 5) is 29.2. The quantitative estimate of drug-likeness (QED) is 0.222. The van der Waals surface area contributed by atoms with Crippen molar-refractivity contribution in [2.75, 3.05) is 6.61 Å². The Morgan fingerprint density at radius 3 is 2.05 bits per heavy atom. The number of sulfone groups is 1. The van der Waals surface area contributed by atoms with Crippen LogP contribution in [0.1, 0.15) is 104 Å². The highest BCUT2D eigenvalue weighted by Crippen LogP contribution is 2.39. The monoisotopic (exact) mass is 572 g/mol. The van der Waals surface area contributed by atoms with Crippen molar-refractivity contribution in [1.29, 1.82) is 0 Å². The zero-order chi connectivity index (χ0) is 28.2. The number of hydrogen-bond donors (Lipinski definition) is 2. The Labute approximate surface area is 233 Å². The van der Waals surface area contributed by atoms with Gasteiger partial charge < -0.3 is 14.6 Å². The lowest BCUT2D eigenvalue weighted by Crippen LogP contribution is -2.44. The van der Waals surface area contributed by atoms with E-state index in [1.165, 1.54) is 0 Å². The van der Waals surface area contributed by atoms with Crippen molar-refractivity contribution in [2.45, 2.75) is 133 Å². The summed E-state index contributed by atoms with van der Waals surface area (Å²) in [7, 11) is -3.45. The highest BCUT2D eigenvalue weighted by molar-refractivity contribution is 7.92. The first-order valence-corrected chi connectivity index (χ1v) is 16.8. The van der Waals surface area contributed by atoms with Crippen LogP contribution in [-0.4, -0.2) is 66.1 Å². The average molecular weight is 573 g/mol. The number of ether oxygens (including phenoxy) is 2. The van der Waals surface area contributed by atoms with Crippen LogP contribution in [0.5, 0.6) is 0 Å². The Bertz CT molecular complexity index is 937. The lowest BCUT2D eigenvalue weighted by molar-refractivity contribution is -0.262. The molecule has 0 aromatic rings. The maximum atomic E-state index is 13.8. The maximum Gasteiger partial charge on any atom is 0.310 e. The van der Waals surface area contributed by atoms with Gasteiger partial charge in [-0.1, -0.05) is 13.8 Å². The van der Waals surface area contributed by atoms with E-state index in [0.717, 1.165) is 38.5 Å². The van der Waals surface area contributed by atoms with Crippen molar-refractivity contribution in [3.8, 4) is 0 Å². The summed E-state index contributed by atoms with van der Waals surface area (Å²) in [5.41, 5.74) is 0. The van der Waals surface area contributed by atoms with Crippen LogP contribution in [0.3, 0.4) is 0 Å². The van der Waals surface area contributed by atoms with Gasteiger partial charge in [0.15, 0.2) is 9.84 Å². The van der Waals surface area contributed by atoms with Gasteiger partial charge in [-0.3, -0.25) is 14.8 Å². The van der Waals surface area contributed by atoms with Crippen LogP contribution < -0.4 is 0 Å². The molecule has 0 bridgehead atoms. The van der Waals surface area contributed by atoms with Gasteiger partial charge in [0.2, 0.25) is 0 Å². The fourth-order valence-corrected chi connectivity index (χ4v) is 10.2. The van der Waals surface area contributed by atoms with Gasteiger partial charge in [0.05, 0.1) is 41.2 Å². The second-order valence-electron chi connectivity index (χ2n) is 13.0. The third kappa shape index (κ3) is 7.74. The molecular weight excluding hydrogens is 524 g/mol. The molecule has 9 nitrogen and oxygen atoms in total. The van der Waals surface area contributed by atoms with E-state index in [9.17, 15) is 23.1 Å². The first-order valence-electron chi connectivity index (χ1n) is 15.2. The second-order valence-corrected chi connectivity index (χ2v) is 15.5. The van der Waals surface area contributed by atoms with Gasteiger partial charge in [0.25, 0.3) is 0 Å². The number of carbonyl (C=O) groups is 2. The van der Waals surface area contributed by atoms with E-state index >= 15 is 0 Å². The number of carboxylic acids is 1. The van der Waals surface area contributed by atoms with Gasteiger partial charge >= 0.3 is 11.9 Å². The summed E-state index contributed by atoms with van der Waals surface area (Å²) in [6, 6.07) is 0. The van der Waals surface area contributed by atoms with Crippen molar-refractivity contribution in [1.82, 2.24) is 0 Å². The average Bonchev–Trinajstić information content (AvgIpc) is 2.90. The van der Waals surface area contributed by atoms with E-state index in [1.54, 1.807) is 0 Å². The fraction of sp³-hybridized carbons (Fsp3) is 0.931. The van der Waals surface area contributed by atoms with Gasteiger partial charge in [0, 0.05) is 12.3 Å². The summed E-state index contributed by atoms with van der Waals surface area (Å²) in [5, 5.41) is 17.6. The first kappa shape index (κ1) is 30.7. The van der Waals surface area contributed by atoms with Gasteiger partial charge in [-0.05, 0) is 95.3 Å². The molecule has 4 saturated carbocycles. The van der Waals surface area contributed by atoms with Crippen LogP contribution in [0.15, 0.2) is 0 Å². The van der Waals surface area contributed by atoms with Gasteiger partial charge in [-0.2, -0.15) is 0 Å². The normalized spacial score (nSPS) is 40.1. The summed E-state index contributed by atoms with van der Waals surface area (Å²) in [6.45, 7) is 4.43. The first-order chi connectivity index (χ1) is 18.6. The zero-order valence-corrected chi connectivity index (χ0v) is 24.4. The molecule has 4 rings (SSSR count). The van der Waals surface area contributed by atoms with Crippen LogP contribution in [0.25, 0.3) is 0 Å². The lowest BCUT2D eigenvalue weighted by Gasteiger charge is -2.39. The molecule has 0 spiro atoms. The molecular formula is C29H48O9S. The highest BCUT2D eigenvalue weighted by atomic mass is 32.2. The lowest BCUT2D eigenvalue weighted by atomic mass is 9.74. The smallest absolute Gasteiger partial charge is 0.310 e. The minimum Gasteiger partial charge on any atom is -0.481 e. The molecule has 4 aliphatic carbocycles. The molecule has 39 heavy (non-hydrogen) atoms. The largest absolute Gasteiger partial charge is 0.481 e. The van der Waals surface area contributed by atoms with E-state index in [-0.39, 0.29) is 37.1 Å². The Morgan fingerprint density at radius 1 is 0.769 bits per heavy atom. The summed E-state index contributed by atoms with van der Waals surface area (Å²) >= 11 is 0. The summed E-state index contributed by atoms with van der Waals surface area (Å²) < 4.78 is 39.8. The van der Waals surface area contributed by atoms with Crippen molar-refractivity contribution < 1.29 is 42.7 Å². The van der Waals surface area contributed by atoms with Crippen molar-refractivity contribution in [3.05, 3.63) is 0 Å². The van der Waals surface area contributed by atoms with Gasteiger partial charge in [0.1, 0.15) is 6.10 Å². The third-order valence-corrected chi connectivity index (χ3v) is 12.6. The van der Waals surface area contributed by atoms with Crippen LogP contribution in [0, 0.1) is 29.6 Å². The molecule has 4 fully saturated rings. The van der Waals surface area contributed by atoms with E-state index in [2.05, 4.69) is 11.8 Å². The molecule has 0 aromatic carbocycles. The summed E-state index contributed by atoms with van der Waals surface area (Å²) in [5.74, 6) is -1.91. The molecule has 0 heterocycles. The molecule has 0 aliphatic heterocycles. The third-order valence-electron chi connectivity index (χ3n) is 9.93. The van der Waals surface area contributed by atoms with Crippen molar-refractivity contribution in [3.63, 3.8) is 0 Å². The van der Waals surface area contributed by atoms with E-state index in [1.807, 2.05) is 6.92 Å². The maximum absolute atomic E-state index is 13.8. The number of hydrogen-bond acceptors (Lipinski definition) is 8. The number of esters is 1. The molecule has 0 aromatic heterocycles. The minimum atomic E-state index is -3.45. The molecule has 10 unspecified atom stereocenters. The van der Waals surface area contributed by atoms with Crippen molar-refractivity contribution >= 4 is 21.8 Å². The molecule has 10 atom stereocenters. The molecule has 10 heteroatoms. The van der Waals surface area contributed by atoms with Gasteiger partial charge in [-0.25, -0.2) is 13.3 Å². The van der Waals surface area contributed by atoms with Crippen molar-refractivity contribution in [2.24, 2.45) is 29.6 Å². The van der Waals surface area contributed by atoms with E-state index in [0.29, 0.717) is 50.9 Å². The van der Waals surface area contributed by atoms with Crippen LogP contribution >= 0.6 is 0 Å². The zero-order valence-electron chi connectivity index (χ0n) is 23.5. The Kier molecular flexibility index (Phi) is 10.7. The predicted octanol–water partition coefficient (Wildman–Crippen LogP) is 5.01. The highest BCUT2D eigenvalue weighted by Gasteiger charge is 2.44. The van der Waals surface area contributed by atoms with Gasteiger partial charge in [-0.15, -0.1) is 0 Å². The SMILES string of the molecule is CC1CCC(OC2CCCC(S(=O)(=O)C3CCCC(OC(=O)C4CCC(C)CC4C(=O)O)C3)C2)C(COO)C1. The Hall–Kier alpha value is -1.23. The standard InChI is InChI=1S/C29H48O9S/c1-18-10-12-27(20(13-18)17-36-33)37-21-5-3-7-23(15-21)39(34,35)24-8-4-6-22(16-24)38-29(32)25-11-9-19(2)14-26(25)28(30)31/h18-27,33H,3-17H2,1-2H3,(H,30,31). The molecule has 0 amide bonds. The minimum absolute atomic E-state index is 0.0318.